The average Bonchev–Trinajstić information content (AvgIpc) is 3.18. The molecule has 0 unspecified atom stereocenters. The van der Waals surface area contributed by atoms with E-state index >= 15 is 0 Å². The van der Waals surface area contributed by atoms with Crippen LogP contribution in [0.2, 0.25) is 0 Å². The number of ether oxygens (including phenoxy) is 1. The van der Waals surface area contributed by atoms with Crippen LogP contribution in [0.4, 0.5) is 22.0 Å². The largest absolute Gasteiger partial charge is 0.741 e. The van der Waals surface area contributed by atoms with E-state index in [0.717, 1.165) is 48.3 Å². The fraction of sp³-hybridized carbons (Fsp3) is 0.976. The van der Waals surface area contributed by atoms with Crippen LogP contribution in [0.5, 0.6) is 0 Å². The molecule has 5 aliphatic rings. The Labute approximate surface area is 396 Å². The number of aliphatic hydroxyl groups is 1. The molecule has 4 aliphatic carbocycles. The molecule has 0 spiro atoms. The second-order valence-electron chi connectivity index (χ2n) is 16.9. The van der Waals surface area contributed by atoms with E-state index in [9.17, 15) is 22.0 Å². The quantitative estimate of drug-likeness (QED) is 0.0586. The van der Waals surface area contributed by atoms with Crippen LogP contribution in [0.25, 0.3) is 0 Å². The zero-order valence-corrected chi connectivity index (χ0v) is 41.2. The van der Waals surface area contributed by atoms with Crippen molar-refractivity contribution in [2.45, 2.75) is 175 Å². The third-order valence-corrected chi connectivity index (χ3v) is 16.7. The average molecular weight is 1050 g/mol. The van der Waals surface area contributed by atoms with Crippen molar-refractivity contribution in [1.29, 1.82) is 0 Å². The fourth-order valence-electron chi connectivity index (χ4n) is 9.44. The van der Waals surface area contributed by atoms with Crippen LogP contribution in [0.1, 0.15) is 156 Å². The molecule has 0 atom stereocenters. The maximum atomic E-state index is 14.1. The second-order valence-corrected chi connectivity index (χ2v) is 25.8. The van der Waals surface area contributed by atoms with E-state index in [1.165, 1.54) is 82.1 Å². The van der Waals surface area contributed by atoms with Crippen LogP contribution in [0.3, 0.4) is 0 Å². The molecular formula is C41H69Cl6F5O5S3. The lowest BCUT2D eigenvalue weighted by molar-refractivity contribution is -0.277. The van der Waals surface area contributed by atoms with Gasteiger partial charge in [0.25, 0.3) is 0 Å². The molecule has 0 aromatic carbocycles. The lowest BCUT2D eigenvalue weighted by Gasteiger charge is -2.39. The van der Waals surface area contributed by atoms with E-state index in [1.807, 2.05) is 4.20 Å². The molecular weight excluding hydrogens is 976 g/mol. The van der Waals surface area contributed by atoms with Crippen LogP contribution < -0.4 is 0 Å². The summed E-state index contributed by atoms with van der Waals surface area (Å²) in [5.41, 5.74) is -5.65. The number of thioether (sulfide) groups is 1. The molecule has 1 N–H and O–H groups in total. The Balaban J connectivity index is 0.000000453. The number of rotatable bonds is 10. The Hall–Kier alpha value is 1.66. The van der Waals surface area contributed by atoms with Gasteiger partial charge in [0.05, 0.1) is 12.5 Å². The van der Waals surface area contributed by atoms with Crippen LogP contribution in [0, 0.1) is 47.3 Å². The molecule has 4 saturated carbocycles. The Morgan fingerprint density at radius 2 is 1.07 bits per heavy atom. The molecule has 1 heterocycles. The lowest BCUT2D eigenvalue weighted by atomic mass is 9.68. The monoisotopic (exact) mass is 1040 g/mol. The Morgan fingerprint density at radius 1 is 0.700 bits per heavy atom. The molecule has 0 bridgehead atoms. The van der Waals surface area contributed by atoms with Crippen molar-refractivity contribution in [1.82, 2.24) is 0 Å². The summed E-state index contributed by atoms with van der Waals surface area (Å²) in [6.45, 7) is 3.59. The van der Waals surface area contributed by atoms with Gasteiger partial charge in [-0.25, -0.2) is 8.42 Å². The van der Waals surface area contributed by atoms with Gasteiger partial charge in [0.2, 0.25) is 11.8 Å². The molecule has 60 heavy (non-hydrogen) atoms. The van der Waals surface area contributed by atoms with Gasteiger partial charge < -0.3 is 14.4 Å². The molecule has 4 fully saturated rings. The summed E-state index contributed by atoms with van der Waals surface area (Å²) in [5, 5.41) is 8.01. The van der Waals surface area contributed by atoms with Gasteiger partial charge in [-0.05, 0) is 113 Å². The van der Waals surface area contributed by atoms with Crippen molar-refractivity contribution in [3.05, 3.63) is 0 Å². The minimum atomic E-state index is -6.09. The predicted molar refractivity (Wildman–Crippen MR) is 247 cm³/mol. The predicted octanol–water partition coefficient (Wildman–Crippen LogP) is 15.2. The summed E-state index contributed by atoms with van der Waals surface area (Å²) in [4.78, 5) is 0. The van der Waals surface area contributed by atoms with Crippen molar-refractivity contribution < 1.29 is 44.8 Å². The maximum Gasteiger partial charge on any atom is 0.485 e. The molecule has 0 aromatic heterocycles. The van der Waals surface area contributed by atoms with E-state index in [-0.39, 0.29) is 7.43 Å². The first-order chi connectivity index (χ1) is 27.4. The van der Waals surface area contributed by atoms with E-state index in [2.05, 4.69) is 41.7 Å². The van der Waals surface area contributed by atoms with Gasteiger partial charge in [0, 0.05) is 18.1 Å². The highest BCUT2D eigenvalue weighted by Gasteiger charge is 2.45. The smallest absolute Gasteiger partial charge is 0.485 e. The van der Waals surface area contributed by atoms with Gasteiger partial charge >= 0.3 is 11.6 Å². The molecule has 358 valence electrons. The molecule has 5 nitrogen and oxygen atoms in total. The Morgan fingerprint density at radius 3 is 1.37 bits per heavy atom. The van der Waals surface area contributed by atoms with Crippen molar-refractivity contribution in [2.24, 2.45) is 47.3 Å². The molecule has 1 aliphatic heterocycles. The minimum absolute atomic E-state index is 0. The molecule has 19 heteroatoms. The molecule has 5 rings (SSSR count). The van der Waals surface area contributed by atoms with Crippen LogP contribution in [0.15, 0.2) is 0 Å². The second kappa shape index (κ2) is 28.7. The molecule has 0 radical (unpaired) electrons. The third-order valence-electron chi connectivity index (χ3n) is 12.5. The van der Waals surface area contributed by atoms with E-state index in [1.54, 1.807) is 38.5 Å². The minimum Gasteiger partial charge on any atom is -0.741 e. The first kappa shape index (κ1) is 59.7. The first-order valence-electron chi connectivity index (χ1n) is 21.3. The first-order valence-corrected chi connectivity index (χ1v) is 26.9. The highest BCUT2D eigenvalue weighted by molar-refractivity contribution is 8.23. The number of hydrogen-bond donors (Lipinski definition) is 1. The standard InChI is InChI=1S/C19H33S2.C18H29Cl3F2O.C2H3Cl3O.CHF3O3S.CH4/c1-2-4-15-5-7-16(8-6-15)17-9-11-18(12-10-17)19-20-13-3-14-21-19;1-2-3-13-4-6-14(7-5-13)15-8-10-16(11-9-15)18(22,23)24-12-17(19,20)21;3-2(4,5)1-6;2-1(3,4)8(5,6)7;/h15-18H,2-14H2,1H3;13-16H,2-12H2,1H3;6H,1H2;(H,5,6,7);1H4/q+1;;;;/p-1. The summed E-state index contributed by atoms with van der Waals surface area (Å²) in [6, 6.07) is 0. The topological polar surface area (TPSA) is 86.7 Å². The number of hydrogen-bond acceptors (Lipinski definition) is 6. The molecule has 0 saturated heterocycles. The molecule has 0 aromatic rings. The van der Waals surface area contributed by atoms with Gasteiger partial charge in [0.15, 0.2) is 27.2 Å². The summed E-state index contributed by atoms with van der Waals surface area (Å²) in [6.07, 6.45) is 24.0. The lowest BCUT2D eigenvalue weighted by Crippen LogP contribution is -2.38. The van der Waals surface area contributed by atoms with Crippen LogP contribution >= 0.6 is 81.4 Å². The fourth-order valence-corrected chi connectivity index (χ4v) is 12.5. The van der Waals surface area contributed by atoms with Gasteiger partial charge in [-0.15, -0.1) is 0 Å². The Kier molecular flexibility index (Phi) is 28.6. The zero-order chi connectivity index (χ0) is 44.5. The highest BCUT2D eigenvalue weighted by atomic mass is 35.6. The highest BCUT2D eigenvalue weighted by Crippen LogP contribution is 2.47. The number of alkyl halides is 11. The summed E-state index contributed by atoms with van der Waals surface area (Å²) in [5.74, 6) is 8.48. The zero-order valence-electron chi connectivity index (χ0n) is 34.3. The summed E-state index contributed by atoms with van der Waals surface area (Å²) < 4.78 is 90.4. The van der Waals surface area contributed by atoms with Gasteiger partial charge in [0.1, 0.15) is 6.61 Å². The van der Waals surface area contributed by atoms with Crippen LogP contribution in [-0.2, 0) is 26.2 Å². The van der Waals surface area contributed by atoms with Crippen molar-refractivity contribution >= 4 is 107 Å². The summed E-state index contributed by atoms with van der Waals surface area (Å²) in [7, 11) is -6.09. The third kappa shape index (κ3) is 23.9. The van der Waals surface area contributed by atoms with E-state index < -0.39 is 48.5 Å². The van der Waals surface area contributed by atoms with Crippen molar-refractivity contribution in [2.75, 3.05) is 24.7 Å². The number of halogens is 11. The molecule has 0 amide bonds. The SMILES string of the molecule is C.CCCC1CCC(C2CCC(C(F)(F)OCC(Cl)(Cl)Cl)CC2)CC1.CCCC1CCC(C2CCC(C3=[S+]CCCS3)CC2)CC1.O=S(=O)([O-])C(F)(F)F.OCC(Cl)(Cl)Cl. The Bertz CT molecular complexity index is 1290. The van der Waals surface area contributed by atoms with E-state index in [0.29, 0.717) is 18.8 Å². The van der Waals surface area contributed by atoms with Crippen LogP contribution in [-0.4, -0.2) is 66.2 Å². The normalized spacial score (nSPS) is 29.5. The van der Waals surface area contributed by atoms with Crippen molar-refractivity contribution in [3.63, 3.8) is 0 Å². The maximum absolute atomic E-state index is 14.1. The van der Waals surface area contributed by atoms with Crippen molar-refractivity contribution in [3.8, 4) is 0 Å². The van der Waals surface area contributed by atoms with Gasteiger partial charge in [-0.2, -0.15) is 22.0 Å². The van der Waals surface area contributed by atoms with Gasteiger partial charge in [-0.1, -0.05) is 154 Å². The number of aliphatic hydroxyl groups excluding tert-OH is 1. The van der Waals surface area contributed by atoms with Gasteiger partial charge in [-0.3, -0.25) is 0 Å². The van der Waals surface area contributed by atoms with E-state index in [4.69, 9.17) is 87.7 Å². The summed E-state index contributed by atoms with van der Waals surface area (Å²) >= 11 is 35.9.